The number of aliphatic carboxylic acids is 1. The molecule has 2 N–H and O–H groups in total. The predicted molar refractivity (Wildman–Crippen MR) is 81.6 cm³/mol. The van der Waals surface area contributed by atoms with E-state index in [-0.39, 0.29) is 24.7 Å². The molecule has 0 aromatic heterocycles. The molecule has 6 nitrogen and oxygen atoms in total. The third-order valence-corrected chi connectivity index (χ3v) is 3.64. The Bertz CT molecular complexity index is 571. The number of nitrogens with zero attached hydrogens (tertiary/aromatic N) is 1. The zero-order valence-electron chi connectivity index (χ0n) is 12.4. The molecular weight excluding hydrogens is 284 g/mol. The molecule has 0 fully saturated rings. The third kappa shape index (κ3) is 4.31. The molecule has 0 atom stereocenters. The molecule has 2 amide bonds. The lowest BCUT2D eigenvalue weighted by atomic mass is 10.0. The Morgan fingerprint density at radius 3 is 2.73 bits per heavy atom. The quantitative estimate of drug-likeness (QED) is 0.744. The van der Waals surface area contributed by atoms with Crippen LogP contribution < -0.4 is 10.2 Å². The fourth-order valence-corrected chi connectivity index (χ4v) is 2.51. The van der Waals surface area contributed by atoms with Gasteiger partial charge in [-0.25, -0.2) is 0 Å². The minimum Gasteiger partial charge on any atom is -0.481 e. The highest BCUT2D eigenvalue weighted by Gasteiger charge is 2.23. The number of benzene rings is 1. The van der Waals surface area contributed by atoms with Crippen molar-refractivity contribution in [3.05, 3.63) is 29.8 Å². The van der Waals surface area contributed by atoms with Crippen LogP contribution in [0.5, 0.6) is 0 Å². The van der Waals surface area contributed by atoms with Crippen LogP contribution in [0.25, 0.3) is 0 Å². The number of carboxylic acids is 1. The van der Waals surface area contributed by atoms with Crippen molar-refractivity contribution in [2.45, 2.75) is 32.1 Å². The Labute approximate surface area is 129 Å². The molecule has 22 heavy (non-hydrogen) atoms. The zero-order chi connectivity index (χ0) is 15.9. The van der Waals surface area contributed by atoms with Gasteiger partial charge < -0.3 is 15.3 Å². The van der Waals surface area contributed by atoms with E-state index in [2.05, 4.69) is 5.32 Å². The van der Waals surface area contributed by atoms with Crippen molar-refractivity contribution in [1.29, 1.82) is 0 Å². The topological polar surface area (TPSA) is 86.7 Å². The van der Waals surface area contributed by atoms with Gasteiger partial charge in [0.05, 0.1) is 0 Å². The van der Waals surface area contributed by atoms with E-state index in [1.165, 1.54) is 0 Å². The van der Waals surface area contributed by atoms with Crippen molar-refractivity contribution in [2.75, 3.05) is 18.0 Å². The number of hydrogen-bond acceptors (Lipinski definition) is 3. The standard InChI is InChI=1S/C16H20N2O4/c19-14(17-10-3-6-16(21)22)9-11-18-13-5-2-1-4-12(13)7-8-15(18)20/h1-2,4-5H,3,6-11H2,(H,17,19)(H,21,22). The lowest BCUT2D eigenvalue weighted by Crippen LogP contribution is -2.38. The van der Waals surface area contributed by atoms with Crippen LogP contribution in [0, 0.1) is 0 Å². The maximum absolute atomic E-state index is 12.0. The van der Waals surface area contributed by atoms with E-state index in [1.807, 2.05) is 24.3 Å². The van der Waals surface area contributed by atoms with Crippen LogP contribution in [0.3, 0.4) is 0 Å². The first kappa shape index (κ1) is 16.0. The molecule has 0 saturated carbocycles. The van der Waals surface area contributed by atoms with Crippen LogP contribution in [0.4, 0.5) is 5.69 Å². The monoisotopic (exact) mass is 304 g/mol. The predicted octanol–water partition coefficient (Wildman–Crippen LogP) is 1.34. The SMILES string of the molecule is O=C(O)CCCNC(=O)CCN1C(=O)CCc2ccccc21. The van der Waals surface area contributed by atoms with E-state index in [1.54, 1.807) is 4.90 Å². The molecule has 1 aliphatic rings. The van der Waals surface area contributed by atoms with Crippen molar-refractivity contribution in [3.63, 3.8) is 0 Å². The number of nitrogens with one attached hydrogen (secondary N) is 1. The molecule has 1 aliphatic heterocycles. The van der Waals surface area contributed by atoms with Crippen LogP contribution in [0.15, 0.2) is 24.3 Å². The number of para-hydroxylation sites is 1. The molecule has 6 heteroatoms. The highest BCUT2D eigenvalue weighted by Crippen LogP contribution is 2.27. The molecule has 0 bridgehead atoms. The second kappa shape index (κ2) is 7.59. The van der Waals surface area contributed by atoms with Gasteiger partial charge in [-0.05, 0) is 24.5 Å². The Morgan fingerprint density at radius 1 is 1.18 bits per heavy atom. The van der Waals surface area contributed by atoms with Gasteiger partial charge in [0.1, 0.15) is 0 Å². The van der Waals surface area contributed by atoms with E-state index in [0.717, 1.165) is 17.7 Å². The van der Waals surface area contributed by atoms with Crippen molar-refractivity contribution in [2.24, 2.45) is 0 Å². The van der Waals surface area contributed by atoms with E-state index in [9.17, 15) is 14.4 Å². The molecule has 0 unspecified atom stereocenters. The van der Waals surface area contributed by atoms with Crippen molar-refractivity contribution in [1.82, 2.24) is 5.32 Å². The average Bonchev–Trinajstić information content (AvgIpc) is 2.50. The summed E-state index contributed by atoms with van der Waals surface area (Å²) in [4.78, 5) is 35.8. The van der Waals surface area contributed by atoms with Gasteiger partial charge in [-0.2, -0.15) is 0 Å². The van der Waals surface area contributed by atoms with Gasteiger partial charge in [-0.15, -0.1) is 0 Å². The maximum Gasteiger partial charge on any atom is 0.303 e. The van der Waals surface area contributed by atoms with E-state index < -0.39 is 5.97 Å². The lowest BCUT2D eigenvalue weighted by molar-refractivity contribution is -0.137. The Hall–Kier alpha value is -2.37. The largest absolute Gasteiger partial charge is 0.481 e. The number of fused-ring (bicyclic) bond motifs is 1. The van der Waals surface area contributed by atoms with Crippen LogP contribution in [0.2, 0.25) is 0 Å². The molecule has 1 aromatic rings. The molecule has 2 rings (SSSR count). The first-order valence-corrected chi connectivity index (χ1v) is 7.44. The van der Waals surface area contributed by atoms with Crippen LogP contribution in [-0.4, -0.2) is 36.0 Å². The average molecular weight is 304 g/mol. The summed E-state index contributed by atoms with van der Waals surface area (Å²) in [6.45, 7) is 0.691. The van der Waals surface area contributed by atoms with Crippen molar-refractivity contribution in [3.8, 4) is 0 Å². The van der Waals surface area contributed by atoms with Crippen LogP contribution >= 0.6 is 0 Å². The fourth-order valence-electron chi connectivity index (χ4n) is 2.51. The molecule has 0 aliphatic carbocycles. The van der Waals surface area contributed by atoms with Gasteiger partial charge in [0.2, 0.25) is 11.8 Å². The number of rotatable bonds is 7. The van der Waals surface area contributed by atoms with Gasteiger partial charge in [0.25, 0.3) is 0 Å². The number of anilines is 1. The third-order valence-electron chi connectivity index (χ3n) is 3.64. The second-order valence-corrected chi connectivity index (χ2v) is 5.27. The van der Waals surface area contributed by atoms with Gasteiger partial charge in [0.15, 0.2) is 0 Å². The zero-order valence-corrected chi connectivity index (χ0v) is 12.4. The first-order valence-electron chi connectivity index (χ1n) is 7.44. The fraction of sp³-hybridized carbons (Fsp3) is 0.438. The highest BCUT2D eigenvalue weighted by molar-refractivity contribution is 5.96. The first-order chi connectivity index (χ1) is 10.6. The number of hydrogen-bond donors (Lipinski definition) is 2. The summed E-state index contributed by atoms with van der Waals surface area (Å²) in [5, 5.41) is 11.2. The Balaban J connectivity index is 1.82. The number of carboxylic acid groups (broad SMARTS) is 1. The minimum atomic E-state index is -0.871. The molecular formula is C16H20N2O4. The number of carbonyl (C=O) groups excluding carboxylic acids is 2. The van der Waals surface area contributed by atoms with Crippen LogP contribution in [-0.2, 0) is 20.8 Å². The summed E-state index contributed by atoms with van der Waals surface area (Å²) in [5.74, 6) is -0.997. The summed E-state index contributed by atoms with van der Waals surface area (Å²) < 4.78 is 0. The summed E-state index contributed by atoms with van der Waals surface area (Å²) in [6.07, 6.45) is 1.88. The summed E-state index contributed by atoms with van der Waals surface area (Å²) >= 11 is 0. The minimum absolute atomic E-state index is 0.0392. The molecule has 0 radical (unpaired) electrons. The normalized spacial score (nSPS) is 13.6. The smallest absolute Gasteiger partial charge is 0.303 e. The second-order valence-electron chi connectivity index (χ2n) is 5.27. The molecule has 0 spiro atoms. The number of amides is 2. The Kier molecular flexibility index (Phi) is 5.52. The summed E-state index contributed by atoms with van der Waals surface area (Å²) in [5.41, 5.74) is 2.02. The van der Waals surface area contributed by atoms with Crippen molar-refractivity contribution < 1.29 is 19.5 Å². The van der Waals surface area contributed by atoms with Gasteiger partial charge >= 0.3 is 5.97 Å². The van der Waals surface area contributed by atoms with Gasteiger partial charge in [-0.3, -0.25) is 14.4 Å². The molecule has 1 aromatic carbocycles. The number of aryl methyl sites for hydroxylation is 1. The molecule has 0 saturated heterocycles. The summed E-state index contributed by atoms with van der Waals surface area (Å²) in [7, 11) is 0. The van der Waals surface area contributed by atoms with Crippen LogP contribution in [0.1, 0.15) is 31.2 Å². The van der Waals surface area contributed by atoms with E-state index in [0.29, 0.717) is 25.9 Å². The lowest BCUT2D eigenvalue weighted by Gasteiger charge is -2.29. The molecule has 118 valence electrons. The Morgan fingerprint density at radius 2 is 1.95 bits per heavy atom. The molecule has 1 heterocycles. The van der Waals surface area contributed by atoms with Gasteiger partial charge in [-0.1, -0.05) is 18.2 Å². The maximum atomic E-state index is 12.0. The van der Waals surface area contributed by atoms with E-state index >= 15 is 0 Å². The van der Waals surface area contributed by atoms with Crippen molar-refractivity contribution >= 4 is 23.5 Å². The van der Waals surface area contributed by atoms with Gasteiger partial charge in [0, 0.05) is 38.0 Å². The highest BCUT2D eigenvalue weighted by atomic mass is 16.4. The summed E-state index contributed by atoms with van der Waals surface area (Å²) in [6, 6.07) is 7.73. The number of carbonyl (C=O) groups is 3. The van der Waals surface area contributed by atoms with E-state index in [4.69, 9.17) is 5.11 Å².